The molecule has 0 aromatic rings. The molecule has 114 valence electrons. The molecule has 1 aliphatic rings. The summed E-state index contributed by atoms with van der Waals surface area (Å²) in [5.41, 5.74) is 10.0. The molecule has 1 aliphatic carbocycles. The van der Waals surface area contributed by atoms with Gasteiger partial charge in [-0.05, 0) is 12.8 Å². The third-order valence-corrected chi connectivity index (χ3v) is 4.03. The highest BCUT2D eigenvalue weighted by Gasteiger charge is 2.41. The minimum Gasteiger partial charge on any atom is -0.392 e. The van der Waals surface area contributed by atoms with Crippen LogP contribution in [-0.2, 0) is 14.3 Å². The van der Waals surface area contributed by atoms with Gasteiger partial charge >= 0.3 is 0 Å². The van der Waals surface area contributed by atoms with Crippen molar-refractivity contribution in [1.29, 1.82) is 0 Å². The van der Waals surface area contributed by atoms with Gasteiger partial charge in [0.05, 0.1) is 17.0 Å². The molecule has 0 unspecified atom stereocenters. The normalized spacial score (nSPS) is 18.0. The van der Waals surface area contributed by atoms with Gasteiger partial charge in [0.15, 0.2) is 0 Å². The van der Waals surface area contributed by atoms with E-state index in [1.165, 1.54) is 0 Å². The molecule has 0 radical (unpaired) electrons. The first-order valence-corrected chi connectivity index (χ1v) is 7.34. The number of hydrogen-bond donors (Lipinski definition) is 3. The quantitative estimate of drug-likeness (QED) is 0.354. The molecule has 7 heteroatoms. The van der Waals surface area contributed by atoms with Crippen LogP contribution in [0.2, 0.25) is 0 Å². The Morgan fingerprint density at radius 3 is 2.25 bits per heavy atom. The molecule has 0 aromatic carbocycles. The minimum absolute atomic E-state index is 0.130. The number of amides is 2. The number of hydrogen-bond acceptors (Lipinski definition) is 4. The third-order valence-electron chi connectivity index (χ3n) is 3.64. The molecule has 0 spiro atoms. The molecule has 0 aliphatic heterocycles. The summed E-state index contributed by atoms with van der Waals surface area (Å²) in [6.07, 6.45) is 5.55. The van der Waals surface area contributed by atoms with Gasteiger partial charge in [-0.2, -0.15) is 0 Å². The summed E-state index contributed by atoms with van der Waals surface area (Å²) in [7, 11) is 0. The second kappa shape index (κ2) is 8.16. The fourth-order valence-electron chi connectivity index (χ4n) is 2.50. The lowest BCUT2D eigenvalue weighted by atomic mass is 9.79. The molecule has 20 heavy (non-hydrogen) atoms. The fourth-order valence-corrected chi connectivity index (χ4v) is 2.79. The number of rotatable bonds is 7. The third kappa shape index (κ3) is 4.72. The highest BCUT2D eigenvalue weighted by Crippen LogP contribution is 2.35. The maximum absolute atomic E-state index is 12.4. The van der Waals surface area contributed by atoms with Gasteiger partial charge in [0.1, 0.15) is 6.61 Å². The topological polar surface area (TPSA) is 107 Å². The molecular formula is C13H23N3O3S. The van der Waals surface area contributed by atoms with Crippen LogP contribution in [0, 0.1) is 5.41 Å². The molecule has 1 rings (SSSR count). The van der Waals surface area contributed by atoms with Crippen LogP contribution >= 0.6 is 12.2 Å². The van der Waals surface area contributed by atoms with Crippen LogP contribution < -0.4 is 16.8 Å². The van der Waals surface area contributed by atoms with Crippen molar-refractivity contribution >= 4 is 29.0 Å². The number of nitrogens with two attached hydrogens (primary N) is 2. The van der Waals surface area contributed by atoms with E-state index in [9.17, 15) is 9.59 Å². The fraction of sp³-hybridized carbons (Fsp3) is 0.769. The first-order valence-electron chi connectivity index (χ1n) is 6.93. The van der Waals surface area contributed by atoms with Crippen molar-refractivity contribution in [2.75, 3.05) is 19.8 Å². The number of thiocarbonyl (C=S) groups is 1. The molecule has 0 bridgehead atoms. The highest BCUT2D eigenvalue weighted by molar-refractivity contribution is 7.80. The van der Waals surface area contributed by atoms with E-state index in [2.05, 4.69) is 5.32 Å². The molecule has 0 aromatic heterocycles. The summed E-state index contributed by atoms with van der Waals surface area (Å²) >= 11 is 5.12. The van der Waals surface area contributed by atoms with Crippen LogP contribution in [0.5, 0.6) is 0 Å². The standard InChI is InChI=1S/C13H23N3O3S/c14-10(17)9-19-8-7-16-12(18)13(11(15)20)5-3-1-2-4-6-13/h1-9H2,(H2,14,17)(H2,15,20)(H,16,18). The zero-order valence-electron chi connectivity index (χ0n) is 11.7. The van der Waals surface area contributed by atoms with Crippen LogP contribution in [-0.4, -0.2) is 36.6 Å². The first kappa shape index (κ1) is 16.8. The molecule has 6 nitrogen and oxygen atoms in total. The second-order valence-corrected chi connectivity index (χ2v) is 5.58. The predicted molar refractivity (Wildman–Crippen MR) is 79.9 cm³/mol. The largest absolute Gasteiger partial charge is 0.392 e. The summed E-state index contributed by atoms with van der Waals surface area (Å²) in [6, 6.07) is 0. The van der Waals surface area contributed by atoms with Crippen molar-refractivity contribution in [3.8, 4) is 0 Å². The van der Waals surface area contributed by atoms with Crippen molar-refractivity contribution in [3.63, 3.8) is 0 Å². The van der Waals surface area contributed by atoms with Gasteiger partial charge in [-0.15, -0.1) is 0 Å². The van der Waals surface area contributed by atoms with Crippen LogP contribution in [0.4, 0.5) is 0 Å². The van der Waals surface area contributed by atoms with Crippen molar-refractivity contribution in [3.05, 3.63) is 0 Å². The van der Waals surface area contributed by atoms with E-state index in [1.54, 1.807) is 0 Å². The van der Waals surface area contributed by atoms with Gasteiger partial charge in [-0.3, -0.25) is 9.59 Å². The van der Waals surface area contributed by atoms with Crippen molar-refractivity contribution < 1.29 is 14.3 Å². The molecule has 2 amide bonds. The number of ether oxygens (including phenoxy) is 1. The molecule has 0 saturated heterocycles. The first-order chi connectivity index (χ1) is 9.49. The molecule has 0 heterocycles. The van der Waals surface area contributed by atoms with Crippen LogP contribution in [0.1, 0.15) is 38.5 Å². The average Bonchev–Trinajstić information content (AvgIpc) is 2.64. The van der Waals surface area contributed by atoms with E-state index in [4.69, 9.17) is 28.4 Å². The Morgan fingerprint density at radius 2 is 1.75 bits per heavy atom. The molecule has 1 fully saturated rings. The zero-order valence-corrected chi connectivity index (χ0v) is 12.5. The van der Waals surface area contributed by atoms with Gasteiger partial charge in [-0.25, -0.2) is 0 Å². The summed E-state index contributed by atoms with van der Waals surface area (Å²) in [6.45, 7) is 0.412. The Morgan fingerprint density at radius 1 is 1.15 bits per heavy atom. The van der Waals surface area contributed by atoms with Gasteiger partial charge in [0.2, 0.25) is 11.8 Å². The zero-order chi connectivity index (χ0) is 15.0. The van der Waals surface area contributed by atoms with E-state index in [1.807, 2.05) is 0 Å². The maximum atomic E-state index is 12.4. The van der Waals surface area contributed by atoms with Crippen LogP contribution in [0.25, 0.3) is 0 Å². The Balaban J connectivity index is 2.48. The SMILES string of the molecule is NC(=O)COCCNC(=O)C1(C(N)=S)CCCCCC1. The Bertz CT molecular complexity index is 366. The number of nitrogens with one attached hydrogen (secondary N) is 1. The van der Waals surface area contributed by atoms with Crippen LogP contribution in [0.3, 0.4) is 0 Å². The lowest BCUT2D eigenvalue weighted by Gasteiger charge is -2.30. The molecule has 1 saturated carbocycles. The lowest BCUT2D eigenvalue weighted by molar-refractivity contribution is -0.128. The highest BCUT2D eigenvalue weighted by atomic mass is 32.1. The molecule has 5 N–H and O–H groups in total. The summed E-state index contributed by atoms with van der Waals surface area (Å²) < 4.78 is 5.00. The average molecular weight is 301 g/mol. The Labute approximate surface area is 124 Å². The van der Waals surface area contributed by atoms with Gasteiger partial charge in [0, 0.05) is 6.54 Å². The van der Waals surface area contributed by atoms with Crippen LogP contribution in [0.15, 0.2) is 0 Å². The molecular weight excluding hydrogens is 278 g/mol. The summed E-state index contributed by atoms with van der Waals surface area (Å²) in [4.78, 5) is 23.2. The number of carbonyl (C=O) groups is 2. The van der Waals surface area contributed by atoms with E-state index < -0.39 is 11.3 Å². The van der Waals surface area contributed by atoms with Crippen molar-refractivity contribution in [2.45, 2.75) is 38.5 Å². The smallest absolute Gasteiger partial charge is 0.243 e. The lowest BCUT2D eigenvalue weighted by Crippen LogP contribution is -2.49. The summed E-state index contributed by atoms with van der Waals surface area (Å²) in [5, 5.41) is 2.79. The number of carbonyl (C=O) groups excluding carboxylic acids is 2. The Hall–Kier alpha value is -1.21. The second-order valence-electron chi connectivity index (χ2n) is 5.14. The van der Waals surface area contributed by atoms with Gasteiger partial charge in [-0.1, -0.05) is 37.9 Å². The van der Waals surface area contributed by atoms with E-state index in [0.717, 1.165) is 25.7 Å². The Kier molecular flexibility index (Phi) is 6.87. The van der Waals surface area contributed by atoms with Crippen molar-refractivity contribution in [2.24, 2.45) is 16.9 Å². The number of primary amides is 1. The van der Waals surface area contributed by atoms with E-state index >= 15 is 0 Å². The van der Waals surface area contributed by atoms with Gasteiger partial charge < -0.3 is 21.5 Å². The molecule has 0 atom stereocenters. The van der Waals surface area contributed by atoms with Gasteiger partial charge in [0.25, 0.3) is 0 Å². The monoisotopic (exact) mass is 301 g/mol. The van der Waals surface area contributed by atoms with Crippen molar-refractivity contribution in [1.82, 2.24) is 5.32 Å². The summed E-state index contributed by atoms with van der Waals surface area (Å²) in [5.74, 6) is -0.658. The predicted octanol–water partition coefficient (Wildman–Crippen LogP) is 0.231. The van der Waals surface area contributed by atoms with E-state index in [0.29, 0.717) is 19.4 Å². The van der Waals surface area contributed by atoms with E-state index in [-0.39, 0.29) is 24.1 Å². The minimum atomic E-state index is -0.727. The maximum Gasteiger partial charge on any atom is 0.243 e.